The fourth-order valence-corrected chi connectivity index (χ4v) is 2.20. The standard InChI is InChI=1S/C15H8F6N4O5/c16-14(17,18)7-1-9(5-11(3-7)24(27)28)22-13(26)23-10-2-8(15(19,20)21)4-12(6-10)25(29)30/h1-6H,(H2,22,23,26). The number of carbonyl (C=O) groups excluding carboxylic acids is 1. The summed E-state index contributed by atoms with van der Waals surface area (Å²) in [5.74, 6) is 0. The number of rotatable bonds is 4. The van der Waals surface area contributed by atoms with E-state index >= 15 is 0 Å². The van der Waals surface area contributed by atoms with E-state index in [0.29, 0.717) is 24.3 Å². The number of amides is 2. The fourth-order valence-electron chi connectivity index (χ4n) is 2.20. The quantitative estimate of drug-likeness (QED) is 0.386. The van der Waals surface area contributed by atoms with Gasteiger partial charge in [0.2, 0.25) is 0 Å². The third kappa shape index (κ3) is 5.55. The van der Waals surface area contributed by atoms with Crippen LogP contribution in [0.4, 0.5) is 53.9 Å². The van der Waals surface area contributed by atoms with Gasteiger partial charge in [0.05, 0.1) is 21.0 Å². The van der Waals surface area contributed by atoms with Gasteiger partial charge in [0, 0.05) is 35.6 Å². The van der Waals surface area contributed by atoms with Crippen molar-refractivity contribution in [2.75, 3.05) is 10.6 Å². The summed E-state index contributed by atoms with van der Waals surface area (Å²) < 4.78 is 77.1. The van der Waals surface area contributed by atoms with E-state index in [-0.39, 0.29) is 12.1 Å². The molecule has 0 bridgehead atoms. The average molecular weight is 438 g/mol. The second-order valence-electron chi connectivity index (χ2n) is 5.63. The molecule has 0 aromatic heterocycles. The van der Waals surface area contributed by atoms with Crippen molar-refractivity contribution in [3.8, 4) is 0 Å². The Morgan fingerprint density at radius 3 is 1.30 bits per heavy atom. The zero-order valence-electron chi connectivity index (χ0n) is 14.2. The van der Waals surface area contributed by atoms with Gasteiger partial charge in [0.15, 0.2) is 0 Å². The highest BCUT2D eigenvalue weighted by atomic mass is 19.4. The maximum atomic E-state index is 12.9. The van der Waals surface area contributed by atoms with Crippen molar-refractivity contribution in [1.29, 1.82) is 0 Å². The summed E-state index contributed by atoms with van der Waals surface area (Å²) in [6, 6.07) is 0.949. The Kier molecular flexibility index (Phi) is 5.85. The highest BCUT2D eigenvalue weighted by Crippen LogP contribution is 2.35. The van der Waals surface area contributed by atoms with Gasteiger partial charge in [0.1, 0.15) is 0 Å². The van der Waals surface area contributed by atoms with Crippen LogP contribution in [-0.4, -0.2) is 15.9 Å². The largest absolute Gasteiger partial charge is 0.416 e. The fraction of sp³-hybridized carbons (Fsp3) is 0.133. The number of carbonyl (C=O) groups is 1. The first kappa shape index (κ1) is 22.4. The predicted molar refractivity (Wildman–Crippen MR) is 88.8 cm³/mol. The molecule has 0 aliphatic heterocycles. The summed E-state index contributed by atoms with van der Waals surface area (Å²) >= 11 is 0. The Morgan fingerprint density at radius 2 is 1.03 bits per heavy atom. The maximum absolute atomic E-state index is 12.9. The van der Waals surface area contributed by atoms with Crippen molar-refractivity contribution in [3.05, 3.63) is 67.8 Å². The minimum atomic E-state index is -4.99. The molecule has 0 unspecified atom stereocenters. The van der Waals surface area contributed by atoms with Crippen LogP contribution in [0.3, 0.4) is 0 Å². The molecule has 0 saturated carbocycles. The van der Waals surface area contributed by atoms with E-state index in [1.807, 2.05) is 0 Å². The smallest absolute Gasteiger partial charge is 0.307 e. The second-order valence-corrected chi connectivity index (χ2v) is 5.63. The number of nitro groups is 2. The van der Waals surface area contributed by atoms with Crippen molar-refractivity contribution >= 4 is 28.8 Å². The number of nitrogens with zero attached hydrogens (tertiary/aromatic N) is 2. The Hall–Kier alpha value is -3.91. The number of non-ortho nitro benzene ring substituents is 2. The lowest BCUT2D eigenvalue weighted by Crippen LogP contribution is -2.20. The summed E-state index contributed by atoms with van der Waals surface area (Å²) in [6.07, 6.45) is -9.97. The Balaban J connectivity index is 2.34. The van der Waals surface area contributed by atoms with Crippen LogP contribution in [-0.2, 0) is 12.4 Å². The van der Waals surface area contributed by atoms with Crippen molar-refractivity contribution < 1.29 is 41.0 Å². The van der Waals surface area contributed by atoms with Crippen molar-refractivity contribution in [3.63, 3.8) is 0 Å². The molecule has 0 heterocycles. The Morgan fingerprint density at radius 1 is 0.700 bits per heavy atom. The number of urea groups is 1. The minimum Gasteiger partial charge on any atom is -0.307 e. The van der Waals surface area contributed by atoms with Gasteiger partial charge in [0.25, 0.3) is 11.4 Å². The van der Waals surface area contributed by atoms with Crippen LogP contribution in [0.1, 0.15) is 11.1 Å². The second kappa shape index (κ2) is 7.84. The summed E-state index contributed by atoms with van der Waals surface area (Å²) in [5.41, 5.74) is -6.29. The molecule has 15 heteroatoms. The van der Waals surface area contributed by atoms with E-state index in [0.717, 1.165) is 0 Å². The van der Waals surface area contributed by atoms with Crippen LogP contribution >= 0.6 is 0 Å². The summed E-state index contributed by atoms with van der Waals surface area (Å²) in [7, 11) is 0. The summed E-state index contributed by atoms with van der Waals surface area (Å²) in [6.45, 7) is 0. The Labute approximate surface area is 161 Å². The average Bonchev–Trinajstić information content (AvgIpc) is 2.59. The molecule has 0 fully saturated rings. The van der Waals surface area contributed by atoms with Gasteiger partial charge in [-0.2, -0.15) is 26.3 Å². The van der Waals surface area contributed by atoms with Gasteiger partial charge in [-0.15, -0.1) is 0 Å². The topological polar surface area (TPSA) is 127 Å². The van der Waals surface area contributed by atoms with Crippen molar-refractivity contribution in [2.45, 2.75) is 12.4 Å². The number of nitro benzene ring substituents is 2. The van der Waals surface area contributed by atoms with E-state index in [2.05, 4.69) is 0 Å². The molecular formula is C15H8F6N4O5. The van der Waals surface area contributed by atoms with Crippen LogP contribution in [0.5, 0.6) is 0 Å². The number of hydrogen-bond acceptors (Lipinski definition) is 5. The highest BCUT2D eigenvalue weighted by Gasteiger charge is 2.34. The zero-order chi connectivity index (χ0) is 22.9. The first-order valence-corrected chi connectivity index (χ1v) is 7.48. The van der Waals surface area contributed by atoms with Crippen molar-refractivity contribution in [2.24, 2.45) is 0 Å². The highest BCUT2D eigenvalue weighted by molar-refractivity contribution is 6.00. The molecule has 160 valence electrons. The number of hydrogen-bond donors (Lipinski definition) is 2. The first-order valence-electron chi connectivity index (χ1n) is 7.48. The maximum Gasteiger partial charge on any atom is 0.416 e. The lowest BCUT2D eigenvalue weighted by Gasteiger charge is -2.12. The number of anilines is 2. The van der Waals surface area contributed by atoms with Gasteiger partial charge in [-0.3, -0.25) is 20.2 Å². The van der Waals surface area contributed by atoms with E-state index in [9.17, 15) is 51.4 Å². The normalized spacial score (nSPS) is 11.7. The molecule has 2 N–H and O–H groups in total. The SMILES string of the molecule is O=C(Nc1cc([N+](=O)[O-])cc(C(F)(F)F)c1)Nc1cc([N+](=O)[O-])cc(C(F)(F)F)c1. The lowest BCUT2D eigenvalue weighted by molar-refractivity contribution is -0.385. The van der Waals surface area contributed by atoms with Gasteiger partial charge in [-0.1, -0.05) is 0 Å². The van der Waals surface area contributed by atoms with Gasteiger partial charge < -0.3 is 10.6 Å². The number of alkyl halides is 6. The molecule has 0 saturated heterocycles. The van der Waals surface area contributed by atoms with Crippen LogP contribution < -0.4 is 10.6 Å². The van der Waals surface area contributed by atoms with Gasteiger partial charge in [-0.25, -0.2) is 4.79 Å². The number of nitrogens with one attached hydrogen (secondary N) is 2. The van der Waals surface area contributed by atoms with E-state index < -0.39 is 62.1 Å². The molecule has 9 nitrogen and oxygen atoms in total. The molecule has 2 rings (SSSR count). The van der Waals surface area contributed by atoms with Crippen LogP contribution in [0.25, 0.3) is 0 Å². The summed E-state index contributed by atoms with van der Waals surface area (Å²) in [5, 5.41) is 25.2. The number of halogens is 6. The van der Waals surface area contributed by atoms with Crippen molar-refractivity contribution in [1.82, 2.24) is 0 Å². The zero-order valence-corrected chi connectivity index (χ0v) is 14.2. The number of benzene rings is 2. The predicted octanol–water partition coefficient (Wildman–Crippen LogP) is 5.18. The van der Waals surface area contributed by atoms with Gasteiger partial charge >= 0.3 is 18.4 Å². The van der Waals surface area contributed by atoms with Crippen LogP contribution in [0.2, 0.25) is 0 Å². The summed E-state index contributed by atoms with van der Waals surface area (Å²) in [4.78, 5) is 31.2. The lowest BCUT2D eigenvalue weighted by atomic mass is 10.1. The molecule has 0 radical (unpaired) electrons. The van der Waals surface area contributed by atoms with Crippen LogP contribution in [0, 0.1) is 20.2 Å². The molecule has 2 aromatic rings. The molecule has 0 aliphatic carbocycles. The molecule has 2 aromatic carbocycles. The van der Waals surface area contributed by atoms with Crippen LogP contribution in [0.15, 0.2) is 36.4 Å². The molecule has 2 amide bonds. The third-order valence-electron chi connectivity index (χ3n) is 3.43. The third-order valence-corrected chi connectivity index (χ3v) is 3.43. The minimum absolute atomic E-state index is 0.221. The monoisotopic (exact) mass is 438 g/mol. The first-order chi connectivity index (χ1) is 13.7. The Bertz CT molecular complexity index is 942. The molecule has 0 atom stereocenters. The molecular weight excluding hydrogens is 430 g/mol. The molecule has 0 spiro atoms. The van der Waals surface area contributed by atoms with E-state index in [1.54, 1.807) is 10.6 Å². The van der Waals surface area contributed by atoms with E-state index in [1.165, 1.54) is 0 Å². The molecule has 30 heavy (non-hydrogen) atoms. The molecule has 0 aliphatic rings. The van der Waals surface area contributed by atoms with E-state index in [4.69, 9.17) is 0 Å². The van der Waals surface area contributed by atoms with Gasteiger partial charge in [-0.05, 0) is 12.1 Å².